The molecular formula is C34H38I2O4. The molecule has 0 fully saturated rings. The van der Waals surface area contributed by atoms with Gasteiger partial charge in [-0.1, -0.05) is 30.4 Å². The highest BCUT2D eigenvalue weighted by molar-refractivity contribution is 14.1. The maximum Gasteiger partial charge on any atom is 0.131 e. The molecule has 0 bridgehead atoms. The molecular weight excluding hydrogens is 726 g/mol. The summed E-state index contributed by atoms with van der Waals surface area (Å²) in [6, 6.07) is 8.04. The van der Waals surface area contributed by atoms with Crippen LogP contribution in [-0.4, -0.2) is 20.4 Å². The van der Waals surface area contributed by atoms with E-state index in [0.29, 0.717) is 45.7 Å². The van der Waals surface area contributed by atoms with Gasteiger partial charge in [-0.3, -0.25) is 0 Å². The van der Waals surface area contributed by atoms with Crippen LogP contribution in [0.5, 0.6) is 17.2 Å². The highest BCUT2D eigenvalue weighted by Gasteiger charge is 2.18. The second kappa shape index (κ2) is 13.0. The van der Waals surface area contributed by atoms with Gasteiger partial charge in [-0.05, 0) is 169 Å². The third-order valence-corrected chi connectivity index (χ3v) is 9.15. The van der Waals surface area contributed by atoms with Crippen LogP contribution in [0.1, 0.15) is 69.5 Å². The van der Waals surface area contributed by atoms with Gasteiger partial charge in [0.05, 0.1) is 7.15 Å². The average molecular weight is 764 g/mol. The van der Waals surface area contributed by atoms with Crippen molar-refractivity contribution in [1.29, 1.82) is 0 Å². The number of halogens is 2. The molecule has 4 nitrogen and oxygen atoms in total. The van der Waals surface area contributed by atoms with Crippen LogP contribution in [-0.2, 0) is 19.3 Å². The monoisotopic (exact) mass is 764 g/mol. The van der Waals surface area contributed by atoms with Crippen LogP contribution in [0.15, 0.2) is 57.4 Å². The number of phenolic OH excluding ortho intramolecular Hbond substituents is 3. The van der Waals surface area contributed by atoms with Crippen molar-refractivity contribution < 1.29 is 20.4 Å². The summed E-state index contributed by atoms with van der Waals surface area (Å²) in [5.74, 6) is 1.08. The van der Waals surface area contributed by atoms with Crippen molar-refractivity contribution in [1.82, 2.24) is 0 Å². The summed E-state index contributed by atoms with van der Waals surface area (Å²) in [5, 5.41) is 42.5. The van der Waals surface area contributed by atoms with Crippen molar-refractivity contribution in [2.45, 2.75) is 67.7 Å². The first-order valence-corrected chi connectivity index (χ1v) is 15.3. The number of hydrogen-bond acceptors (Lipinski definition) is 4. The Kier molecular flexibility index (Phi) is 10.4. The highest BCUT2D eigenvalue weighted by atomic mass is 127. The first kappa shape index (κ1) is 32.1. The summed E-state index contributed by atoms with van der Waals surface area (Å²) in [5.41, 5.74) is 11.2. The van der Waals surface area contributed by atoms with E-state index in [-0.39, 0.29) is 5.76 Å². The zero-order valence-corrected chi connectivity index (χ0v) is 28.6. The zero-order valence-electron chi connectivity index (χ0n) is 24.3. The minimum absolute atomic E-state index is 0.178. The Labute approximate surface area is 265 Å². The fourth-order valence-electron chi connectivity index (χ4n) is 5.03. The van der Waals surface area contributed by atoms with E-state index in [1.54, 1.807) is 6.92 Å². The lowest BCUT2D eigenvalue weighted by atomic mass is 9.86. The maximum atomic E-state index is 11.0. The molecule has 0 spiro atoms. The second-order valence-electron chi connectivity index (χ2n) is 10.9. The summed E-state index contributed by atoms with van der Waals surface area (Å²) in [6.45, 7) is 17.4. The molecule has 0 radical (unpaired) electrons. The molecule has 4 N–H and O–H groups in total. The maximum absolute atomic E-state index is 11.0. The number of phenols is 3. The molecule has 6 heteroatoms. The van der Waals surface area contributed by atoms with E-state index in [4.69, 9.17) is 0 Å². The number of hydrogen-bond donors (Lipinski definition) is 4. The average Bonchev–Trinajstić information content (AvgIpc) is 2.88. The number of benzene rings is 3. The van der Waals surface area contributed by atoms with Gasteiger partial charge in [-0.25, -0.2) is 0 Å². The van der Waals surface area contributed by atoms with Crippen LogP contribution in [0.4, 0.5) is 0 Å². The molecule has 0 amide bonds. The molecule has 3 aromatic carbocycles. The van der Waals surface area contributed by atoms with Gasteiger partial charge in [0.1, 0.15) is 23.0 Å². The lowest BCUT2D eigenvalue weighted by molar-refractivity contribution is 0.423. The fraction of sp³-hybridized carbons (Fsp3) is 0.294. The number of aliphatic hydroxyl groups excluding tert-OH is 1. The predicted octanol–water partition coefficient (Wildman–Crippen LogP) is 9.40. The van der Waals surface area contributed by atoms with Crippen molar-refractivity contribution in [2.24, 2.45) is 0 Å². The van der Waals surface area contributed by atoms with Crippen molar-refractivity contribution in [3.05, 3.63) is 117 Å². The molecule has 0 atom stereocenters. The highest BCUT2D eigenvalue weighted by Crippen LogP contribution is 2.36. The Morgan fingerprint density at radius 3 is 1.80 bits per heavy atom. The zero-order chi connectivity index (χ0) is 30.0. The minimum Gasteiger partial charge on any atom is -0.507 e. The number of aryl methyl sites for hydroxylation is 3. The molecule has 0 saturated carbocycles. The number of allylic oxidation sites excluding steroid dienone is 4. The van der Waals surface area contributed by atoms with Gasteiger partial charge in [-0.2, -0.15) is 0 Å². The van der Waals surface area contributed by atoms with Crippen molar-refractivity contribution >= 4 is 45.2 Å². The van der Waals surface area contributed by atoms with E-state index in [0.717, 1.165) is 64.8 Å². The SMILES string of the molecule is C=C(C)/C(O)=C(I)\C=C(/C)Cc1c(C)c(Cc2cc(C)c(O)c(Cc3cc(C)c(O)c(I)c3)c2C)cc(C)c1O. The molecule has 0 saturated heterocycles. The smallest absolute Gasteiger partial charge is 0.131 e. The Hall–Kier alpha value is -2.46. The first-order chi connectivity index (χ1) is 18.6. The first-order valence-electron chi connectivity index (χ1n) is 13.1. The molecule has 0 aliphatic heterocycles. The van der Waals surface area contributed by atoms with E-state index in [2.05, 4.69) is 70.8 Å². The topological polar surface area (TPSA) is 80.9 Å². The Morgan fingerprint density at radius 2 is 1.27 bits per heavy atom. The third kappa shape index (κ3) is 7.05. The van der Waals surface area contributed by atoms with Crippen LogP contribution < -0.4 is 0 Å². The summed E-state index contributed by atoms with van der Waals surface area (Å²) >= 11 is 4.25. The minimum atomic E-state index is 0.178. The molecule has 0 aromatic heterocycles. The van der Waals surface area contributed by atoms with Gasteiger partial charge in [0, 0.05) is 17.5 Å². The van der Waals surface area contributed by atoms with E-state index in [9.17, 15) is 20.4 Å². The second-order valence-corrected chi connectivity index (χ2v) is 13.2. The summed E-state index contributed by atoms with van der Waals surface area (Å²) < 4.78 is 1.51. The van der Waals surface area contributed by atoms with E-state index in [1.807, 2.05) is 52.8 Å². The standard InChI is InChI=1S/C34H38I2O4/c1-17(2)31(37)29(35)10-18(3)9-27-22(7)25(12-20(5)32(27)38)16-26-13-21(6)33(39)28(23(26)8)14-24-11-19(4)34(40)30(36)15-24/h10-13,15,37-40H,1,9,14,16H2,2-8H3/b18-10+,31-29-. The molecule has 3 aromatic rings. The Morgan fingerprint density at radius 1 is 0.775 bits per heavy atom. The Balaban J connectivity index is 2.04. The molecule has 0 unspecified atom stereocenters. The predicted molar refractivity (Wildman–Crippen MR) is 182 cm³/mol. The number of rotatable bonds is 8. The largest absolute Gasteiger partial charge is 0.507 e. The van der Waals surface area contributed by atoms with Gasteiger partial charge < -0.3 is 20.4 Å². The van der Waals surface area contributed by atoms with Gasteiger partial charge in [0.15, 0.2) is 0 Å². The van der Waals surface area contributed by atoms with Crippen molar-refractivity contribution in [3.8, 4) is 17.2 Å². The van der Waals surface area contributed by atoms with Crippen LogP contribution in [0, 0.1) is 38.2 Å². The summed E-state index contributed by atoms with van der Waals surface area (Å²) in [7, 11) is 0. The van der Waals surface area contributed by atoms with E-state index in [1.165, 1.54) is 0 Å². The molecule has 0 aliphatic carbocycles. The lowest BCUT2D eigenvalue weighted by Crippen LogP contribution is -2.05. The van der Waals surface area contributed by atoms with E-state index >= 15 is 0 Å². The fourth-order valence-corrected chi connectivity index (χ4v) is 6.85. The molecule has 40 heavy (non-hydrogen) atoms. The van der Waals surface area contributed by atoms with Crippen molar-refractivity contribution in [2.75, 3.05) is 0 Å². The molecule has 3 rings (SSSR count). The summed E-state index contributed by atoms with van der Waals surface area (Å²) in [4.78, 5) is 0. The van der Waals surface area contributed by atoms with Gasteiger partial charge in [0.2, 0.25) is 0 Å². The molecule has 212 valence electrons. The third-order valence-electron chi connectivity index (χ3n) is 7.50. The van der Waals surface area contributed by atoms with Gasteiger partial charge in [0.25, 0.3) is 0 Å². The Bertz CT molecular complexity index is 1540. The van der Waals surface area contributed by atoms with Crippen LogP contribution in [0.2, 0.25) is 0 Å². The van der Waals surface area contributed by atoms with Crippen LogP contribution in [0.3, 0.4) is 0 Å². The number of aliphatic hydroxyl groups is 1. The number of aromatic hydroxyl groups is 3. The van der Waals surface area contributed by atoms with E-state index < -0.39 is 0 Å². The van der Waals surface area contributed by atoms with Gasteiger partial charge >= 0.3 is 0 Å². The molecule has 0 heterocycles. The van der Waals surface area contributed by atoms with Crippen LogP contribution >= 0.6 is 45.2 Å². The van der Waals surface area contributed by atoms with Gasteiger partial charge in [-0.15, -0.1) is 0 Å². The quantitative estimate of drug-likeness (QED) is 0.105. The van der Waals surface area contributed by atoms with Crippen molar-refractivity contribution in [3.63, 3.8) is 0 Å². The molecule has 0 aliphatic rings. The normalized spacial score (nSPS) is 12.5. The lowest BCUT2D eigenvalue weighted by Gasteiger charge is -2.20. The van der Waals surface area contributed by atoms with Crippen LogP contribution in [0.25, 0.3) is 0 Å². The summed E-state index contributed by atoms with van der Waals surface area (Å²) in [6.07, 6.45) is 3.72.